The van der Waals surface area contributed by atoms with E-state index in [2.05, 4.69) is 26.2 Å². The molecule has 5 heteroatoms. The molecule has 27 heavy (non-hydrogen) atoms. The SMILES string of the molecule is C=C/C=N\c1c(-c2c(C(=C/C=C\C)/N=C\C)nn3c2CCC3)ccnc1C. The summed E-state index contributed by atoms with van der Waals surface area (Å²) in [4.78, 5) is 13.6. The molecule has 0 bridgehead atoms. The number of rotatable bonds is 6. The molecule has 2 aromatic heterocycles. The Morgan fingerprint density at radius 1 is 1.33 bits per heavy atom. The third kappa shape index (κ3) is 3.72. The molecule has 0 amide bonds. The lowest BCUT2D eigenvalue weighted by atomic mass is 9.98. The predicted octanol–water partition coefficient (Wildman–Crippen LogP) is 5.10. The number of aliphatic imine (C=N–C) groups is 2. The average molecular weight is 359 g/mol. The highest BCUT2D eigenvalue weighted by Crippen LogP contribution is 2.40. The van der Waals surface area contributed by atoms with Crippen molar-refractivity contribution in [3.63, 3.8) is 0 Å². The molecular formula is C22H25N5. The van der Waals surface area contributed by atoms with Crippen molar-refractivity contribution in [2.45, 2.75) is 40.2 Å². The molecule has 1 aliphatic rings. The lowest BCUT2D eigenvalue weighted by Gasteiger charge is -2.10. The van der Waals surface area contributed by atoms with Crippen LogP contribution in [-0.2, 0) is 13.0 Å². The fourth-order valence-electron chi connectivity index (χ4n) is 3.35. The van der Waals surface area contributed by atoms with Crippen LogP contribution in [0.4, 0.5) is 5.69 Å². The van der Waals surface area contributed by atoms with Gasteiger partial charge in [-0.25, -0.2) is 0 Å². The van der Waals surface area contributed by atoms with Crippen LogP contribution in [-0.4, -0.2) is 27.2 Å². The van der Waals surface area contributed by atoms with Crippen molar-refractivity contribution in [1.29, 1.82) is 0 Å². The van der Waals surface area contributed by atoms with Gasteiger partial charge in [0.25, 0.3) is 0 Å². The molecule has 0 radical (unpaired) electrons. The van der Waals surface area contributed by atoms with Crippen LogP contribution in [0.1, 0.15) is 37.4 Å². The van der Waals surface area contributed by atoms with Gasteiger partial charge in [0.05, 0.1) is 17.1 Å². The van der Waals surface area contributed by atoms with Crippen molar-refractivity contribution in [3.8, 4) is 11.1 Å². The lowest BCUT2D eigenvalue weighted by Crippen LogP contribution is -1.95. The molecule has 5 nitrogen and oxygen atoms in total. The molecule has 0 saturated carbocycles. The Bertz CT molecular complexity index is 957. The van der Waals surface area contributed by atoms with Crippen LogP contribution in [0.15, 0.2) is 53.1 Å². The van der Waals surface area contributed by atoms with E-state index < -0.39 is 0 Å². The highest BCUT2D eigenvalue weighted by atomic mass is 15.3. The molecule has 0 unspecified atom stereocenters. The Morgan fingerprint density at radius 3 is 2.93 bits per heavy atom. The van der Waals surface area contributed by atoms with Crippen LogP contribution in [0.3, 0.4) is 0 Å². The van der Waals surface area contributed by atoms with Gasteiger partial charge < -0.3 is 0 Å². The van der Waals surface area contributed by atoms with Gasteiger partial charge >= 0.3 is 0 Å². The zero-order valence-electron chi connectivity index (χ0n) is 16.2. The Hall–Kier alpha value is -3.08. The smallest absolute Gasteiger partial charge is 0.119 e. The normalized spacial score (nSPS) is 14.7. The van der Waals surface area contributed by atoms with Crippen LogP contribution < -0.4 is 0 Å². The monoisotopic (exact) mass is 359 g/mol. The molecule has 0 aliphatic carbocycles. The Balaban J connectivity index is 2.30. The quantitative estimate of drug-likeness (QED) is 0.532. The maximum atomic E-state index is 4.90. The summed E-state index contributed by atoms with van der Waals surface area (Å²) >= 11 is 0. The third-order valence-electron chi connectivity index (χ3n) is 4.48. The minimum Gasteiger partial charge on any atom is -0.268 e. The van der Waals surface area contributed by atoms with Gasteiger partial charge in [-0.3, -0.25) is 19.7 Å². The zero-order chi connectivity index (χ0) is 19.2. The molecule has 0 saturated heterocycles. The molecule has 1 aliphatic heterocycles. The van der Waals surface area contributed by atoms with E-state index in [9.17, 15) is 0 Å². The van der Waals surface area contributed by atoms with Crippen molar-refractivity contribution in [3.05, 3.63) is 60.2 Å². The van der Waals surface area contributed by atoms with Crippen LogP contribution in [0, 0.1) is 6.92 Å². The van der Waals surface area contributed by atoms with Crippen LogP contribution in [0.2, 0.25) is 0 Å². The molecule has 0 aromatic carbocycles. The van der Waals surface area contributed by atoms with Gasteiger partial charge in [-0.15, -0.1) is 0 Å². The van der Waals surface area contributed by atoms with Gasteiger partial charge in [0.2, 0.25) is 0 Å². The molecule has 0 fully saturated rings. The Morgan fingerprint density at radius 2 is 2.19 bits per heavy atom. The van der Waals surface area contributed by atoms with Crippen molar-refractivity contribution in [2.75, 3.05) is 0 Å². The maximum Gasteiger partial charge on any atom is 0.119 e. The molecule has 3 heterocycles. The van der Waals surface area contributed by atoms with E-state index >= 15 is 0 Å². The zero-order valence-corrected chi connectivity index (χ0v) is 16.2. The summed E-state index contributed by atoms with van der Waals surface area (Å²) in [5.41, 5.74) is 6.86. The Kier molecular flexibility index (Phi) is 5.91. The summed E-state index contributed by atoms with van der Waals surface area (Å²) < 4.78 is 2.11. The van der Waals surface area contributed by atoms with Gasteiger partial charge in [0.1, 0.15) is 5.69 Å². The minimum absolute atomic E-state index is 0.848. The first kappa shape index (κ1) is 18.7. The first-order valence-corrected chi connectivity index (χ1v) is 9.24. The number of hydrogen-bond acceptors (Lipinski definition) is 4. The summed E-state index contributed by atoms with van der Waals surface area (Å²) in [6.07, 6.45) is 15.1. The minimum atomic E-state index is 0.848. The number of hydrogen-bond donors (Lipinski definition) is 0. The van der Waals surface area contributed by atoms with E-state index in [4.69, 9.17) is 5.10 Å². The summed E-state index contributed by atoms with van der Waals surface area (Å²) in [5, 5.41) is 4.90. The highest BCUT2D eigenvalue weighted by Gasteiger charge is 2.26. The molecule has 0 N–H and O–H groups in total. The van der Waals surface area contributed by atoms with E-state index in [1.165, 1.54) is 5.69 Å². The van der Waals surface area contributed by atoms with Gasteiger partial charge in [0.15, 0.2) is 0 Å². The van der Waals surface area contributed by atoms with E-state index in [0.29, 0.717) is 0 Å². The molecule has 3 rings (SSSR count). The maximum absolute atomic E-state index is 4.90. The fraction of sp³-hybridized carbons (Fsp3) is 0.273. The molecule has 0 atom stereocenters. The van der Waals surface area contributed by atoms with E-state index in [-0.39, 0.29) is 0 Å². The molecule has 138 valence electrons. The number of pyridine rings is 1. The van der Waals surface area contributed by atoms with Gasteiger partial charge in [-0.2, -0.15) is 5.10 Å². The fourth-order valence-corrected chi connectivity index (χ4v) is 3.35. The Labute approximate surface area is 160 Å². The third-order valence-corrected chi connectivity index (χ3v) is 4.48. The molecular weight excluding hydrogens is 334 g/mol. The van der Waals surface area contributed by atoms with Crippen LogP contribution in [0.5, 0.6) is 0 Å². The van der Waals surface area contributed by atoms with Crippen LogP contribution >= 0.6 is 0 Å². The van der Waals surface area contributed by atoms with Gasteiger partial charge in [-0.1, -0.05) is 24.8 Å². The second-order valence-corrected chi connectivity index (χ2v) is 6.27. The highest BCUT2D eigenvalue weighted by molar-refractivity contribution is 5.90. The van der Waals surface area contributed by atoms with E-state index in [0.717, 1.165) is 53.3 Å². The van der Waals surface area contributed by atoms with Gasteiger partial charge in [-0.05, 0) is 45.8 Å². The second kappa shape index (κ2) is 8.54. The summed E-state index contributed by atoms with van der Waals surface area (Å²) in [6, 6.07) is 2.02. The number of allylic oxidation sites excluding steroid dienone is 4. The van der Waals surface area contributed by atoms with Gasteiger partial charge in [0, 0.05) is 42.0 Å². The van der Waals surface area contributed by atoms with Crippen molar-refractivity contribution >= 4 is 23.8 Å². The first-order valence-electron chi connectivity index (χ1n) is 9.24. The predicted molar refractivity (Wildman–Crippen MR) is 114 cm³/mol. The summed E-state index contributed by atoms with van der Waals surface area (Å²) in [6.45, 7) is 10.6. The molecule has 2 aromatic rings. The largest absolute Gasteiger partial charge is 0.268 e. The van der Waals surface area contributed by atoms with Crippen molar-refractivity contribution in [1.82, 2.24) is 14.8 Å². The summed E-state index contributed by atoms with van der Waals surface area (Å²) in [7, 11) is 0. The average Bonchev–Trinajstić information content (AvgIpc) is 3.25. The first-order chi connectivity index (χ1) is 13.2. The van der Waals surface area contributed by atoms with Crippen molar-refractivity contribution in [2.24, 2.45) is 9.98 Å². The lowest BCUT2D eigenvalue weighted by molar-refractivity contribution is 0.654. The van der Waals surface area contributed by atoms with Crippen molar-refractivity contribution < 1.29 is 0 Å². The van der Waals surface area contributed by atoms with Crippen LogP contribution in [0.25, 0.3) is 16.8 Å². The standard InChI is InChI=1S/C22H25N5/c1-5-8-10-18(23-7-3)22-20(19-11-9-15-27(19)26-22)17-12-14-24-16(4)21(17)25-13-6-2/h5-8,10,12-14H,2,9,11,15H2,1,3-4H3/b8-5-,18-10-,23-7-,25-13-. The number of aromatic nitrogens is 3. The number of aryl methyl sites for hydroxylation is 2. The topological polar surface area (TPSA) is 55.4 Å². The van der Waals surface area contributed by atoms with E-state index in [1.807, 2.05) is 51.3 Å². The second-order valence-electron chi connectivity index (χ2n) is 6.27. The number of fused-ring (bicyclic) bond motifs is 1. The van der Waals surface area contributed by atoms with E-state index in [1.54, 1.807) is 18.5 Å². The number of nitrogens with zero attached hydrogens (tertiary/aromatic N) is 5. The molecule has 0 spiro atoms. The summed E-state index contributed by atoms with van der Waals surface area (Å²) in [5.74, 6) is 0.